The first-order valence-corrected chi connectivity index (χ1v) is 6.77. The van der Waals surface area contributed by atoms with Crippen molar-refractivity contribution in [2.45, 2.75) is 45.7 Å². The van der Waals surface area contributed by atoms with Gasteiger partial charge in [0.1, 0.15) is 5.82 Å². The smallest absolute Gasteiger partial charge is 0.126 e. The average Bonchev–Trinajstić information content (AvgIpc) is 3.18. The highest BCUT2D eigenvalue weighted by Gasteiger charge is 2.27. The van der Waals surface area contributed by atoms with E-state index in [1.807, 2.05) is 6.07 Å². The molecule has 1 N–H and O–H groups in total. The van der Waals surface area contributed by atoms with Gasteiger partial charge in [-0.1, -0.05) is 19.9 Å². The summed E-state index contributed by atoms with van der Waals surface area (Å²) in [6.07, 6.45) is 3.86. The molecule has 1 fully saturated rings. The predicted molar refractivity (Wildman–Crippen MR) is 72.1 cm³/mol. The topological polar surface area (TPSA) is 28.2 Å². The Hall–Kier alpha value is -1.09. The maximum atomic E-state index is 4.66. The second-order valence-electron chi connectivity index (χ2n) is 4.74. The van der Waals surface area contributed by atoms with Gasteiger partial charge in [-0.3, -0.25) is 4.90 Å². The minimum Gasteiger partial charge on any atom is -0.370 e. The van der Waals surface area contributed by atoms with Gasteiger partial charge in [-0.2, -0.15) is 0 Å². The summed E-state index contributed by atoms with van der Waals surface area (Å²) < 4.78 is 0. The van der Waals surface area contributed by atoms with Crippen LogP contribution in [0.3, 0.4) is 0 Å². The van der Waals surface area contributed by atoms with Gasteiger partial charge in [0.25, 0.3) is 0 Å². The molecule has 1 aliphatic carbocycles. The van der Waals surface area contributed by atoms with E-state index in [2.05, 4.69) is 41.2 Å². The van der Waals surface area contributed by atoms with E-state index in [-0.39, 0.29) is 0 Å². The molecule has 1 saturated carbocycles. The van der Waals surface area contributed by atoms with Gasteiger partial charge in [0.05, 0.1) is 5.69 Å². The van der Waals surface area contributed by atoms with Crippen LogP contribution < -0.4 is 5.32 Å². The zero-order valence-electron chi connectivity index (χ0n) is 10.9. The Bertz CT molecular complexity index is 347. The van der Waals surface area contributed by atoms with E-state index in [1.54, 1.807) is 0 Å². The van der Waals surface area contributed by atoms with E-state index in [0.717, 1.165) is 37.9 Å². The van der Waals surface area contributed by atoms with Gasteiger partial charge in [-0.05, 0) is 37.9 Å². The highest BCUT2D eigenvalue weighted by atomic mass is 15.2. The highest BCUT2D eigenvalue weighted by molar-refractivity contribution is 5.35. The lowest BCUT2D eigenvalue weighted by Crippen LogP contribution is -2.25. The summed E-state index contributed by atoms with van der Waals surface area (Å²) in [4.78, 5) is 7.18. The molecule has 1 aromatic rings. The molecule has 0 saturated heterocycles. The molecule has 1 aliphatic rings. The maximum absolute atomic E-state index is 4.66. The molecule has 94 valence electrons. The molecule has 17 heavy (non-hydrogen) atoms. The van der Waals surface area contributed by atoms with Gasteiger partial charge in [0.15, 0.2) is 0 Å². The van der Waals surface area contributed by atoms with E-state index in [4.69, 9.17) is 0 Å². The van der Waals surface area contributed by atoms with Gasteiger partial charge in [-0.25, -0.2) is 4.98 Å². The standard InChI is InChI=1S/C14H23N3/c1-3-10-15-14-7-5-6-12(16-14)11-17(4-2)13-8-9-13/h5-7,13H,3-4,8-11H2,1-2H3,(H,15,16). The summed E-state index contributed by atoms with van der Waals surface area (Å²) in [5, 5.41) is 3.34. The third kappa shape index (κ3) is 3.70. The SMILES string of the molecule is CCCNc1cccc(CN(CC)C2CC2)n1. The van der Waals surface area contributed by atoms with Crippen LogP contribution in [0.4, 0.5) is 5.82 Å². The van der Waals surface area contributed by atoms with Gasteiger partial charge in [0, 0.05) is 19.1 Å². The number of pyridine rings is 1. The molecular formula is C14H23N3. The van der Waals surface area contributed by atoms with Crippen molar-refractivity contribution in [3.8, 4) is 0 Å². The van der Waals surface area contributed by atoms with Crippen molar-refractivity contribution < 1.29 is 0 Å². The summed E-state index contributed by atoms with van der Waals surface area (Å²) in [6.45, 7) is 7.51. The fraction of sp³-hybridized carbons (Fsp3) is 0.643. The lowest BCUT2D eigenvalue weighted by molar-refractivity contribution is 0.266. The number of hydrogen-bond donors (Lipinski definition) is 1. The van der Waals surface area contributed by atoms with Crippen LogP contribution in [0.1, 0.15) is 38.8 Å². The Labute approximate surface area is 104 Å². The van der Waals surface area contributed by atoms with Crippen LogP contribution in [-0.4, -0.2) is 29.0 Å². The molecule has 0 unspecified atom stereocenters. The number of anilines is 1. The quantitative estimate of drug-likeness (QED) is 0.785. The van der Waals surface area contributed by atoms with E-state index in [1.165, 1.54) is 18.5 Å². The molecule has 1 heterocycles. The lowest BCUT2D eigenvalue weighted by atomic mass is 10.3. The van der Waals surface area contributed by atoms with Crippen LogP contribution in [-0.2, 0) is 6.54 Å². The van der Waals surface area contributed by atoms with Crippen LogP contribution >= 0.6 is 0 Å². The van der Waals surface area contributed by atoms with Gasteiger partial charge >= 0.3 is 0 Å². The largest absolute Gasteiger partial charge is 0.370 e. The molecule has 0 atom stereocenters. The minimum atomic E-state index is 0.814. The maximum Gasteiger partial charge on any atom is 0.126 e. The average molecular weight is 233 g/mol. The molecule has 1 aromatic heterocycles. The monoisotopic (exact) mass is 233 g/mol. The van der Waals surface area contributed by atoms with Crippen molar-refractivity contribution in [1.29, 1.82) is 0 Å². The van der Waals surface area contributed by atoms with Crippen LogP contribution in [0.5, 0.6) is 0 Å². The van der Waals surface area contributed by atoms with Crippen molar-refractivity contribution in [2.24, 2.45) is 0 Å². The third-order valence-corrected chi connectivity index (χ3v) is 3.20. The first-order chi connectivity index (χ1) is 8.33. The highest BCUT2D eigenvalue weighted by Crippen LogP contribution is 2.27. The molecule has 3 heteroatoms. The van der Waals surface area contributed by atoms with E-state index >= 15 is 0 Å². The fourth-order valence-electron chi connectivity index (χ4n) is 2.07. The number of nitrogens with one attached hydrogen (secondary N) is 1. The number of aromatic nitrogens is 1. The molecule has 0 aromatic carbocycles. The number of nitrogens with zero attached hydrogens (tertiary/aromatic N) is 2. The molecule has 0 bridgehead atoms. The first-order valence-electron chi connectivity index (χ1n) is 6.77. The molecule has 0 spiro atoms. The molecule has 2 rings (SSSR count). The molecule has 0 amide bonds. The van der Waals surface area contributed by atoms with E-state index < -0.39 is 0 Å². The normalized spacial score (nSPS) is 15.2. The Morgan fingerprint density at radius 3 is 2.82 bits per heavy atom. The molecule has 0 aliphatic heterocycles. The predicted octanol–water partition coefficient (Wildman–Crippen LogP) is 2.89. The molecule has 3 nitrogen and oxygen atoms in total. The fourth-order valence-corrected chi connectivity index (χ4v) is 2.07. The zero-order valence-corrected chi connectivity index (χ0v) is 10.9. The van der Waals surface area contributed by atoms with Crippen molar-refractivity contribution in [2.75, 3.05) is 18.4 Å². The molecular weight excluding hydrogens is 210 g/mol. The second-order valence-corrected chi connectivity index (χ2v) is 4.74. The van der Waals surface area contributed by atoms with E-state index in [0.29, 0.717) is 0 Å². The van der Waals surface area contributed by atoms with E-state index in [9.17, 15) is 0 Å². The second kappa shape index (κ2) is 6.01. The van der Waals surface area contributed by atoms with Crippen molar-refractivity contribution in [3.63, 3.8) is 0 Å². The summed E-state index contributed by atoms with van der Waals surface area (Å²) in [5.74, 6) is 1.01. The van der Waals surface area contributed by atoms with Crippen molar-refractivity contribution in [3.05, 3.63) is 23.9 Å². The number of hydrogen-bond acceptors (Lipinski definition) is 3. The third-order valence-electron chi connectivity index (χ3n) is 3.20. The van der Waals surface area contributed by atoms with Crippen LogP contribution in [0.2, 0.25) is 0 Å². The number of rotatable bonds is 7. The van der Waals surface area contributed by atoms with Crippen LogP contribution in [0, 0.1) is 0 Å². The zero-order chi connectivity index (χ0) is 12.1. The van der Waals surface area contributed by atoms with Crippen molar-refractivity contribution >= 4 is 5.82 Å². The van der Waals surface area contributed by atoms with Gasteiger partial charge < -0.3 is 5.32 Å². The van der Waals surface area contributed by atoms with Gasteiger partial charge in [-0.15, -0.1) is 0 Å². The Balaban J connectivity index is 1.94. The van der Waals surface area contributed by atoms with Crippen LogP contribution in [0.15, 0.2) is 18.2 Å². The lowest BCUT2D eigenvalue weighted by Gasteiger charge is -2.19. The first kappa shape index (κ1) is 12.4. The Morgan fingerprint density at radius 2 is 2.18 bits per heavy atom. The summed E-state index contributed by atoms with van der Waals surface area (Å²) >= 11 is 0. The van der Waals surface area contributed by atoms with Crippen LogP contribution in [0.25, 0.3) is 0 Å². The summed E-state index contributed by atoms with van der Waals surface area (Å²) in [5.41, 5.74) is 1.18. The van der Waals surface area contributed by atoms with Gasteiger partial charge in [0.2, 0.25) is 0 Å². The Kier molecular flexibility index (Phi) is 4.37. The molecule has 0 radical (unpaired) electrons. The Morgan fingerprint density at radius 1 is 1.35 bits per heavy atom. The summed E-state index contributed by atoms with van der Waals surface area (Å²) in [6, 6.07) is 7.09. The van der Waals surface area contributed by atoms with Crippen molar-refractivity contribution in [1.82, 2.24) is 9.88 Å². The minimum absolute atomic E-state index is 0.814. The summed E-state index contributed by atoms with van der Waals surface area (Å²) in [7, 11) is 0.